The minimum atomic E-state index is -0.924. The van der Waals surface area contributed by atoms with Crippen LogP contribution in [0.3, 0.4) is 0 Å². The number of carboxylic acid groups (broad SMARTS) is 1. The van der Waals surface area contributed by atoms with Gasteiger partial charge in [0.1, 0.15) is 4.88 Å². The van der Waals surface area contributed by atoms with Crippen molar-refractivity contribution in [1.82, 2.24) is 9.88 Å². The average Bonchev–Trinajstić information content (AvgIpc) is 3.37. The first-order chi connectivity index (χ1) is 18.0. The van der Waals surface area contributed by atoms with Gasteiger partial charge in [0.25, 0.3) is 0 Å². The van der Waals surface area contributed by atoms with Gasteiger partial charge in [-0.15, -0.1) is 11.3 Å². The Kier molecular flexibility index (Phi) is 8.40. The Bertz CT molecular complexity index is 1110. The van der Waals surface area contributed by atoms with Crippen LogP contribution in [-0.4, -0.2) is 46.0 Å². The molecule has 6 nitrogen and oxygen atoms in total. The van der Waals surface area contributed by atoms with Gasteiger partial charge in [0.15, 0.2) is 0 Å². The maximum Gasteiger partial charge on any atom is 0.348 e. The lowest BCUT2D eigenvalue weighted by Crippen LogP contribution is -2.50. The maximum absolute atomic E-state index is 14.1. The van der Waals surface area contributed by atoms with Crippen LogP contribution in [0.1, 0.15) is 91.2 Å². The van der Waals surface area contributed by atoms with Gasteiger partial charge in [0.05, 0.1) is 5.69 Å². The summed E-state index contributed by atoms with van der Waals surface area (Å²) in [6.07, 6.45) is 16.0. The first kappa shape index (κ1) is 26.1. The van der Waals surface area contributed by atoms with Crippen LogP contribution in [0.4, 0.5) is 5.69 Å². The quantitative estimate of drug-likeness (QED) is 0.443. The first-order valence-corrected chi connectivity index (χ1v) is 14.8. The highest BCUT2D eigenvalue weighted by Gasteiger charge is 2.37. The van der Waals surface area contributed by atoms with Gasteiger partial charge in [-0.25, -0.2) is 4.79 Å². The summed E-state index contributed by atoms with van der Waals surface area (Å²) < 4.78 is 0. The monoisotopic (exact) mass is 521 g/mol. The van der Waals surface area contributed by atoms with E-state index in [1.54, 1.807) is 6.20 Å². The van der Waals surface area contributed by atoms with Gasteiger partial charge >= 0.3 is 5.97 Å². The third-order valence-electron chi connectivity index (χ3n) is 8.43. The van der Waals surface area contributed by atoms with Crippen LogP contribution in [0.2, 0.25) is 0 Å². The number of nitrogens with zero attached hydrogens (tertiary/aromatic N) is 3. The Morgan fingerprint density at radius 1 is 1.14 bits per heavy atom. The summed E-state index contributed by atoms with van der Waals surface area (Å²) in [6, 6.07) is 6.12. The molecule has 7 heteroatoms. The highest BCUT2D eigenvalue weighted by Crippen LogP contribution is 2.41. The number of hydrogen-bond donors (Lipinski definition) is 1. The zero-order valence-corrected chi connectivity index (χ0v) is 22.7. The van der Waals surface area contributed by atoms with Crippen LogP contribution in [0, 0.1) is 11.8 Å². The molecule has 0 unspecified atom stereocenters. The van der Waals surface area contributed by atoms with Crippen LogP contribution in [0.15, 0.2) is 36.7 Å². The van der Waals surface area contributed by atoms with E-state index in [2.05, 4.69) is 29.0 Å². The Balaban J connectivity index is 1.41. The fraction of sp³-hybridized carbons (Fsp3) is 0.567. The van der Waals surface area contributed by atoms with Crippen molar-refractivity contribution < 1.29 is 14.7 Å². The molecule has 0 aromatic carbocycles. The van der Waals surface area contributed by atoms with Crippen LogP contribution >= 0.6 is 11.3 Å². The standard InChI is InChI=1S/C30H39N3O3S/c1-21-9-11-24(12-10-21)29(34)33(25-13-16-32(17-14-25)20-22-6-5-15-31-19-22)26-18-27(37-28(26)30(35)36)23-7-3-2-4-8-23/h5-7,15,18-19,21,24-25H,2-4,8-14,16-17,20H2,1H3,(H,35,36). The smallest absolute Gasteiger partial charge is 0.348 e. The highest BCUT2D eigenvalue weighted by atomic mass is 32.1. The normalized spacial score (nSPS) is 23.4. The predicted molar refractivity (Wildman–Crippen MR) is 149 cm³/mol. The number of rotatable bonds is 7. The fourth-order valence-electron chi connectivity index (χ4n) is 6.22. The van der Waals surface area contributed by atoms with Gasteiger partial charge < -0.3 is 10.0 Å². The summed E-state index contributed by atoms with van der Waals surface area (Å²) in [5.41, 5.74) is 3.07. The van der Waals surface area contributed by atoms with Gasteiger partial charge in [-0.1, -0.05) is 19.1 Å². The summed E-state index contributed by atoms with van der Waals surface area (Å²) in [5.74, 6) is -0.133. The first-order valence-electron chi connectivity index (χ1n) is 14.0. The Hall–Kier alpha value is -2.51. The van der Waals surface area contributed by atoms with Crippen molar-refractivity contribution in [2.24, 2.45) is 11.8 Å². The van der Waals surface area contributed by atoms with Crippen molar-refractivity contribution in [2.75, 3.05) is 18.0 Å². The molecule has 0 spiro atoms. The molecule has 1 saturated heterocycles. The second-order valence-corrected chi connectivity index (χ2v) is 12.2. The zero-order valence-electron chi connectivity index (χ0n) is 21.9. The van der Waals surface area contributed by atoms with E-state index in [9.17, 15) is 14.7 Å². The third kappa shape index (κ3) is 6.15. The summed E-state index contributed by atoms with van der Waals surface area (Å²) >= 11 is 1.35. The summed E-state index contributed by atoms with van der Waals surface area (Å²) in [4.78, 5) is 36.5. The molecular formula is C30H39N3O3S. The van der Waals surface area contributed by atoms with E-state index in [4.69, 9.17) is 0 Å². The molecule has 2 aromatic heterocycles. The Morgan fingerprint density at radius 2 is 1.92 bits per heavy atom. The molecule has 0 bridgehead atoms. The number of aromatic carboxylic acids is 1. The van der Waals surface area contributed by atoms with Crippen molar-refractivity contribution in [3.63, 3.8) is 0 Å². The van der Waals surface area contributed by atoms with E-state index >= 15 is 0 Å². The molecule has 1 amide bonds. The summed E-state index contributed by atoms with van der Waals surface area (Å²) in [7, 11) is 0. The molecule has 2 aromatic rings. The molecule has 37 heavy (non-hydrogen) atoms. The number of carbonyl (C=O) groups excluding carboxylic acids is 1. The number of amides is 1. The predicted octanol–water partition coefficient (Wildman–Crippen LogP) is 6.62. The lowest BCUT2D eigenvalue weighted by Gasteiger charge is -2.40. The molecule has 1 saturated carbocycles. The molecule has 2 aliphatic carbocycles. The number of carbonyl (C=O) groups is 2. The Labute approximate surface area is 224 Å². The minimum Gasteiger partial charge on any atom is -0.477 e. The second-order valence-electron chi connectivity index (χ2n) is 11.1. The zero-order chi connectivity index (χ0) is 25.8. The molecule has 0 atom stereocenters. The van der Waals surface area contributed by atoms with Gasteiger partial charge in [0.2, 0.25) is 5.91 Å². The van der Waals surface area contributed by atoms with Gasteiger partial charge in [-0.05, 0) is 93.4 Å². The lowest BCUT2D eigenvalue weighted by atomic mass is 9.82. The van der Waals surface area contributed by atoms with E-state index in [0.717, 1.165) is 82.3 Å². The lowest BCUT2D eigenvalue weighted by molar-refractivity contribution is -0.124. The molecule has 198 valence electrons. The van der Waals surface area contributed by atoms with Gasteiger partial charge in [-0.2, -0.15) is 0 Å². The fourth-order valence-corrected chi connectivity index (χ4v) is 7.27. The van der Waals surface area contributed by atoms with Crippen molar-refractivity contribution in [1.29, 1.82) is 0 Å². The van der Waals surface area contributed by atoms with Crippen molar-refractivity contribution >= 4 is 34.5 Å². The van der Waals surface area contributed by atoms with Crippen LogP contribution in [0.25, 0.3) is 5.57 Å². The number of hydrogen-bond acceptors (Lipinski definition) is 5. The highest BCUT2D eigenvalue weighted by molar-refractivity contribution is 7.15. The van der Waals surface area contributed by atoms with Crippen molar-refractivity contribution in [3.05, 3.63) is 52.0 Å². The van der Waals surface area contributed by atoms with Crippen molar-refractivity contribution in [3.8, 4) is 0 Å². The number of piperidine rings is 1. The second kappa shape index (κ2) is 11.9. The summed E-state index contributed by atoms with van der Waals surface area (Å²) in [6.45, 7) is 4.89. The Morgan fingerprint density at radius 3 is 2.57 bits per heavy atom. The minimum absolute atomic E-state index is 0.0106. The van der Waals surface area contributed by atoms with Gasteiger partial charge in [0, 0.05) is 48.9 Å². The number of thiophene rings is 1. The molecule has 3 heterocycles. The largest absolute Gasteiger partial charge is 0.477 e. The number of likely N-dealkylation sites (tertiary alicyclic amines) is 1. The molecule has 3 aliphatic rings. The van der Waals surface area contributed by atoms with E-state index in [1.165, 1.54) is 28.9 Å². The molecule has 1 aliphatic heterocycles. The van der Waals surface area contributed by atoms with E-state index in [-0.39, 0.29) is 17.9 Å². The van der Waals surface area contributed by atoms with Crippen LogP contribution in [0.5, 0.6) is 0 Å². The topological polar surface area (TPSA) is 73.7 Å². The number of carboxylic acids is 1. The van der Waals surface area contributed by atoms with Crippen LogP contribution < -0.4 is 4.90 Å². The maximum atomic E-state index is 14.1. The molecule has 5 rings (SSSR count). The molecule has 1 N–H and O–H groups in total. The number of pyridine rings is 1. The molecular weight excluding hydrogens is 482 g/mol. The summed E-state index contributed by atoms with van der Waals surface area (Å²) in [5, 5.41) is 10.2. The SMILES string of the molecule is CC1CCC(C(=O)N(c2cc(C3=CCCCC3)sc2C(=O)O)C2CCN(Cc3cccnc3)CC2)CC1. The van der Waals surface area contributed by atoms with E-state index < -0.39 is 5.97 Å². The van der Waals surface area contributed by atoms with Crippen molar-refractivity contribution in [2.45, 2.75) is 83.7 Å². The van der Waals surface area contributed by atoms with Gasteiger partial charge in [-0.3, -0.25) is 14.7 Å². The molecule has 2 fully saturated rings. The molecule has 0 radical (unpaired) electrons. The third-order valence-corrected chi connectivity index (χ3v) is 9.62. The number of aromatic nitrogens is 1. The number of allylic oxidation sites excluding steroid dienone is 2. The number of anilines is 1. The van der Waals surface area contributed by atoms with Crippen LogP contribution in [-0.2, 0) is 11.3 Å². The van der Waals surface area contributed by atoms with E-state index in [0.29, 0.717) is 16.5 Å². The van der Waals surface area contributed by atoms with E-state index in [1.807, 2.05) is 23.2 Å². The average molecular weight is 522 g/mol.